The number of nitrogens with zero attached hydrogens (tertiary/aromatic N) is 1. The van der Waals surface area contributed by atoms with E-state index in [4.69, 9.17) is 0 Å². The Balaban J connectivity index is 3.09. The molecule has 0 saturated heterocycles. The second-order valence-electron chi connectivity index (χ2n) is 2.92. The molecular formula is C10H7F2NO4. The van der Waals surface area contributed by atoms with Crippen molar-refractivity contribution in [1.82, 2.24) is 0 Å². The number of nitro benzene ring substituents is 1. The van der Waals surface area contributed by atoms with Gasteiger partial charge in [-0.05, 0) is 12.1 Å². The summed E-state index contributed by atoms with van der Waals surface area (Å²) in [5.41, 5.74) is -0.543. The fraction of sp³-hybridized carbons (Fsp3) is 0.100. The van der Waals surface area contributed by atoms with Crippen molar-refractivity contribution in [2.45, 2.75) is 0 Å². The van der Waals surface area contributed by atoms with Gasteiger partial charge >= 0.3 is 5.97 Å². The number of methoxy groups -OCH3 is 1. The van der Waals surface area contributed by atoms with Gasteiger partial charge in [0, 0.05) is 17.7 Å². The summed E-state index contributed by atoms with van der Waals surface area (Å²) < 4.78 is 30.4. The van der Waals surface area contributed by atoms with Crippen LogP contribution in [0.25, 0.3) is 5.83 Å². The van der Waals surface area contributed by atoms with Crippen LogP contribution in [0.4, 0.5) is 14.5 Å². The van der Waals surface area contributed by atoms with Crippen molar-refractivity contribution >= 4 is 17.5 Å². The summed E-state index contributed by atoms with van der Waals surface area (Å²) in [6.07, 6.45) is 0. The zero-order valence-electron chi connectivity index (χ0n) is 8.65. The van der Waals surface area contributed by atoms with Crippen LogP contribution in [0.5, 0.6) is 0 Å². The number of rotatable bonds is 3. The molecule has 0 atom stereocenters. The van der Waals surface area contributed by atoms with Gasteiger partial charge in [-0.2, -0.15) is 4.39 Å². The number of carbonyl (C=O) groups excluding carboxylic acids is 1. The van der Waals surface area contributed by atoms with E-state index in [1.54, 1.807) is 0 Å². The molecule has 0 fully saturated rings. The molecule has 1 aromatic carbocycles. The topological polar surface area (TPSA) is 69.4 Å². The predicted octanol–water partition coefficient (Wildman–Crippen LogP) is 2.38. The minimum Gasteiger partial charge on any atom is -0.464 e. The molecule has 0 aliphatic rings. The second kappa shape index (κ2) is 5.15. The highest BCUT2D eigenvalue weighted by atomic mass is 19.2. The van der Waals surface area contributed by atoms with Crippen molar-refractivity contribution < 1.29 is 23.2 Å². The van der Waals surface area contributed by atoms with Crippen molar-refractivity contribution in [3.8, 4) is 0 Å². The summed E-state index contributed by atoms with van der Waals surface area (Å²) in [6, 6.07) is 3.99. The molecule has 0 saturated carbocycles. The standard InChI is InChI=1S/C10H7F2NO4/c1-17-10(14)9(12)8(11)6-2-4-7(5-3-6)13(15)16/h2-5H,1H3. The summed E-state index contributed by atoms with van der Waals surface area (Å²) in [5, 5.41) is 10.3. The van der Waals surface area contributed by atoms with E-state index in [-0.39, 0.29) is 11.3 Å². The molecular weight excluding hydrogens is 236 g/mol. The first-order chi connectivity index (χ1) is 7.97. The first-order valence-corrected chi connectivity index (χ1v) is 4.35. The predicted molar refractivity (Wildman–Crippen MR) is 54.2 cm³/mol. The summed E-state index contributed by atoms with van der Waals surface area (Å²) >= 11 is 0. The molecule has 0 radical (unpaired) electrons. The van der Waals surface area contributed by atoms with Crippen LogP contribution in [0.3, 0.4) is 0 Å². The number of nitro groups is 1. The van der Waals surface area contributed by atoms with Gasteiger partial charge < -0.3 is 4.74 Å². The van der Waals surface area contributed by atoms with Crippen molar-refractivity contribution in [3.63, 3.8) is 0 Å². The number of halogens is 2. The summed E-state index contributed by atoms with van der Waals surface area (Å²) in [4.78, 5) is 20.3. The Labute approximate surface area is 94.5 Å². The fourth-order valence-corrected chi connectivity index (χ4v) is 1.04. The largest absolute Gasteiger partial charge is 0.464 e. The lowest BCUT2D eigenvalue weighted by Gasteiger charge is -2.00. The van der Waals surface area contributed by atoms with E-state index in [2.05, 4.69) is 4.74 Å². The molecule has 0 bridgehead atoms. The maximum absolute atomic E-state index is 13.3. The van der Waals surface area contributed by atoms with Gasteiger partial charge in [-0.15, -0.1) is 0 Å². The number of carbonyl (C=O) groups is 1. The Morgan fingerprint density at radius 1 is 1.29 bits per heavy atom. The highest BCUT2D eigenvalue weighted by molar-refractivity contribution is 5.93. The maximum atomic E-state index is 13.3. The van der Waals surface area contributed by atoms with Gasteiger partial charge in [0.25, 0.3) is 5.69 Å². The molecule has 0 aliphatic heterocycles. The summed E-state index contributed by atoms with van der Waals surface area (Å²) in [7, 11) is 0.908. The average Bonchev–Trinajstić information content (AvgIpc) is 2.36. The zero-order valence-corrected chi connectivity index (χ0v) is 8.65. The van der Waals surface area contributed by atoms with Crippen LogP contribution in [-0.4, -0.2) is 18.0 Å². The number of non-ortho nitro benzene ring substituents is 1. The number of hydrogen-bond donors (Lipinski definition) is 0. The van der Waals surface area contributed by atoms with Gasteiger partial charge in [0.2, 0.25) is 5.83 Å². The highest BCUT2D eigenvalue weighted by Gasteiger charge is 2.18. The first kappa shape index (κ1) is 12.8. The lowest BCUT2D eigenvalue weighted by Crippen LogP contribution is -2.02. The van der Waals surface area contributed by atoms with E-state index >= 15 is 0 Å². The lowest BCUT2D eigenvalue weighted by molar-refractivity contribution is -0.384. The molecule has 0 heterocycles. The van der Waals surface area contributed by atoms with Crippen molar-refractivity contribution in [3.05, 3.63) is 45.8 Å². The van der Waals surface area contributed by atoms with Crippen LogP contribution >= 0.6 is 0 Å². The maximum Gasteiger partial charge on any atom is 0.370 e. The molecule has 0 N–H and O–H groups in total. The molecule has 90 valence electrons. The van der Waals surface area contributed by atoms with E-state index in [0.717, 1.165) is 31.4 Å². The third kappa shape index (κ3) is 2.83. The Morgan fingerprint density at radius 3 is 2.24 bits per heavy atom. The molecule has 0 aromatic heterocycles. The van der Waals surface area contributed by atoms with Crippen LogP contribution < -0.4 is 0 Å². The van der Waals surface area contributed by atoms with Crippen LogP contribution in [0, 0.1) is 10.1 Å². The molecule has 0 spiro atoms. The number of ether oxygens (including phenoxy) is 1. The molecule has 1 aromatic rings. The van der Waals surface area contributed by atoms with Gasteiger partial charge in [-0.25, -0.2) is 9.18 Å². The summed E-state index contributed by atoms with van der Waals surface area (Å²) in [6.45, 7) is 0. The average molecular weight is 243 g/mol. The van der Waals surface area contributed by atoms with E-state index in [1.165, 1.54) is 0 Å². The molecule has 0 amide bonds. The Bertz CT molecular complexity index is 482. The van der Waals surface area contributed by atoms with Gasteiger partial charge in [-0.3, -0.25) is 10.1 Å². The zero-order chi connectivity index (χ0) is 13.0. The fourth-order valence-electron chi connectivity index (χ4n) is 1.04. The van der Waals surface area contributed by atoms with Gasteiger partial charge in [0.15, 0.2) is 5.83 Å². The van der Waals surface area contributed by atoms with Gasteiger partial charge in [0.05, 0.1) is 12.0 Å². The van der Waals surface area contributed by atoms with E-state index < -0.39 is 22.5 Å². The van der Waals surface area contributed by atoms with Crippen molar-refractivity contribution in [2.24, 2.45) is 0 Å². The number of benzene rings is 1. The second-order valence-corrected chi connectivity index (χ2v) is 2.92. The summed E-state index contributed by atoms with van der Waals surface area (Å²) in [5.74, 6) is -4.55. The number of hydrogen-bond acceptors (Lipinski definition) is 4. The lowest BCUT2D eigenvalue weighted by atomic mass is 10.1. The van der Waals surface area contributed by atoms with Crippen molar-refractivity contribution in [2.75, 3.05) is 7.11 Å². The smallest absolute Gasteiger partial charge is 0.370 e. The SMILES string of the molecule is COC(=O)C(F)=C(F)c1ccc([N+](=O)[O-])cc1. The van der Waals surface area contributed by atoms with E-state index in [0.29, 0.717) is 0 Å². The highest BCUT2D eigenvalue weighted by Crippen LogP contribution is 2.24. The Kier molecular flexibility index (Phi) is 3.86. The molecule has 0 unspecified atom stereocenters. The van der Waals surface area contributed by atoms with Crippen LogP contribution in [0.15, 0.2) is 30.1 Å². The van der Waals surface area contributed by atoms with Crippen molar-refractivity contribution in [1.29, 1.82) is 0 Å². The quantitative estimate of drug-likeness (QED) is 0.353. The third-order valence-corrected chi connectivity index (χ3v) is 1.89. The minimum absolute atomic E-state index is 0.264. The normalized spacial score (nSPS) is 11.7. The third-order valence-electron chi connectivity index (χ3n) is 1.89. The molecule has 5 nitrogen and oxygen atoms in total. The molecule has 0 aliphatic carbocycles. The monoisotopic (exact) mass is 243 g/mol. The molecule has 17 heavy (non-hydrogen) atoms. The van der Waals surface area contributed by atoms with Crippen LogP contribution in [-0.2, 0) is 9.53 Å². The molecule has 7 heteroatoms. The molecule has 1 rings (SSSR count). The van der Waals surface area contributed by atoms with Crippen LogP contribution in [0.1, 0.15) is 5.56 Å². The van der Waals surface area contributed by atoms with E-state index in [9.17, 15) is 23.7 Å². The minimum atomic E-state index is -1.68. The van der Waals surface area contributed by atoms with Crippen LogP contribution in [0.2, 0.25) is 0 Å². The van der Waals surface area contributed by atoms with Gasteiger partial charge in [0.1, 0.15) is 0 Å². The Morgan fingerprint density at radius 2 is 1.82 bits per heavy atom. The first-order valence-electron chi connectivity index (χ1n) is 4.35. The van der Waals surface area contributed by atoms with Gasteiger partial charge in [-0.1, -0.05) is 0 Å². The number of esters is 1. The Hall–Kier alpha value is -2.31. The van der Waals surface area contributed by atoms with E-state index in [1.807, 2.05) is 0 Å².